The van der Waals surface area contributed by atoms with Crippen LogP contribution in [0.15, 0.2) is 218 Å². The number of rotatable bonds is 5. The highest BCUT2D eigenvalue weighted by molar-refractivity contribution is 6.16. The van der Waals surface area contributed by atoms with Crippen molar-refractivity contribution in [3.8, 4) is 44.6 Å². The third-order valence-corrected chi connectivity index (χ3v) is 12.5. The Kier molecular flexibility index (Phi) is 7.48. The molecule has 2 aromatic heterocycles. The van der Waals surface area contributed by atoms with Gasteiger partial charge in [0.15, 0.2) is 0 Å². The van der Waals surface area contributed by atoms with E-state index >= 15 is 0 Å². The van der Waals surface area contributed by atoms with Gasteiger partial charge in [-0.15, -0.1) is 0 Å². The second kappa shape index (κ2) is 13.2. The molecule has 12 rings (SSSR count). The van der Waals surface area contributed by atoms with E-state index in [0.29, 0.717) is 0 Å². The average Bonchev–Trinajstić information content (AvgIpc) is 3.61. The predicted molar refractivity (Wildman–Crippen MR) is 246 cm³/mol. The molecule has 274 valence electrons. The highest BCUT2D eigenvalue weighted by atomic mass is 14.8. The maximum absolute atomic E-state index is 5.46. The van der Waals surface area contributed by atoms with Crippen molar-refractivity contribution in [1.82, 2.24) is 9.97 Å². The van der Waals surface area contributed by atoms with Crippen molar-refractivity contribution < 1.29 is 0 Å². The van der Waals surface area contributed by atoms with Crippen LogP contribution >= 0.6 is 0 Å². The van der Waals surface area contributed by atoms with Gasteiger partial charge < -0.3 is 0 Å². The Hall–Kier alpha value is -7.68. The van der Waals surface area contributed by atoms with Gasteiger partial charge >= 0.3 is 0 Å². The zero-order valence-corrected chi connectivity index (χ0v) is 32.2. The second-order valence-corrected chi connectivity index (χ2v) is 15.6. The number of hydrogen-bond acceptors (Lipinski definition) is 2. The van der Waals surface area contributed by atoms with E-state index in [0.717, 1.165) is 44.0 Å². The molecule has 2 nitrogen and oxygen atoms in total. The van der Waals surface area contributed by atoms with Crippen LogP contribution in [0.25, 0.3) is 88.1 Å². The summed E-state index contributed by atoms with van der Waals surface area (Å²) in [6, 6.07) is 79.3. The first-order valence-corrected chi connectivity index (χ1v) is 20.3. The summed E-state index contributed by atoms with van der Waals surface area (Å²) < 4.78 is 0. The Bertz CT molecular complexity index is 3390. The third kappa shape index (κ3) is 5.00. The molecule has 0 fully saturated rings. The molecule has 11 aromatic rings. The minimum atomic E-state index is -0.461. The SMILES string of the molecule is c1ccc(-c2c3ccccc3nc3c2ccc2ccc(-c4ccc(-c5ccc6c(c5)C(c5ccccc5)(c5ccccc5)c5ccccc5-6)c5ccccc45)nc23)cc1. The first-order valence-electron chi connectivity index (χ1n) is 20.3. The fraction of sp³-hybridized carbons (Fsp3) is 0.0175. The Balaban J connectivity index is 1.05. The number of nitrogens with zero attached hydrogens (tertiary/aromatic N) is 2. The summed E-state index contributed by atoms with van der Waals surface area (Å²) in [7, 11) is 0. The molecule has 59 heavy (non-hydrogen) atoms. The van der Waals surface area contributed by atoms with E-state index in [9.17, 15) is 0 Å². The maximum Gasteiger partial charge on any atom is 0.0978 e. The van der Waals surface area contributed by atoms with E-state index in [2.05, 4.69) is 218 Å². The molecule has 0 bridgehead atoms. The molecular weight excluding hydrogens is 713 g/mol. The molecule has 0 unspecified atom stereocenters. The lowest BCUT2D eigenvalue weighted by molar-refractivity contribution is 0.769. The lowest BCUT2D eigenvalue weighted by atomic mass is 9.67. The van der Waals surface area contributed by atoms with E-state index < -0.39 is 5.41 Å². The van der Waals surface area contributed by atoms with Crippen LogP contribution in [0.2, 0.25) is 0 Å². The van der Waals surface area contributed by atoms with Crippen LogP contribution in [0, 0.1) is 0 Å². The molecular formula is C57H36N2. The summed E-state index contributed by atoms with van der Waals surface area (Å²) in [5.41, 5.74) is 16.8. The van der Waals surface area contributed by atoms with Gasteiger partial charge in [-0.1, -0.05) is 200 Å². The molecule has 0 aliphatic heterocycles. The molecule has 0 saturated heterocycles. The van der Waals surface area contributed by atoms with Crippen molar-refractivity contribution in [2.24, 2.45) is 0 Å². The molecule has 0 spiro atoms. The smallest absolute Gasteiger partial charge is 0.0978 e. The summed E-state index contributed by atoms with van der Waals surface area (Å²) in [6.45, 7) is 0. The minimum absolute atomic E-state index is 0.461. The fourth-order valence-corrected chi connectivity index (χ4v) is 9.99. The second-order valence-electron chi connectivity index (χ2n) is 15.6. The van der Waals surface area contributed by atoms with E-state index in [4.69, 9.17) is 9.97 Å². The summed E-state index contributed by atoms with van der Waals surface area (Å²) in [6.07, 6.45) is 0. The number of aromatic nitrogens is 2. The minimum Gasteiger partial charge on any atom is -0.245 e. The molecule has 2 heterocycles. The first kappa shape index (κ1) is 33.5. The van der Waals surface area contributed by atoms with Crippen molar-refractivity contribution >= 4 is 43.5 Å². The average molecular weight is 749 g/mol. The van der Waals surface area contributed by atoms with Crippen LogP contribution < -0.4 is 0 Å². The lowest BCUT2D eigenvalue weighted by Gasteiger charge is -2.34. The molecule has 0 radical (unpaired) electrons. The Labute approximate surface area is 342 Å². The number of benzene rings is 9. The molecule has 0 saturated carbocycles. The van der Waals surface area contributed by atoms with Crippen molar-refractivity contribution in [3.05, 3.63) is 241 Å². The normalized spacial score (nSPS) is 12.9. The number of para-hydroxylation sites is 1. The monoisotopic (exact) mass is 748 g/mol. The van der Waals surface area contributed by atoms with Gasteiger partial charge in [0, 0.05) is 27.3 Å². The molecule has 0 atom stereocenters. The molecule has 2 heteroatoms. The van der Waals surface area contributed by atoms with Crippen LogP contribution in [0.4, 0.5) is 0 Å². The zero-order chi connectivity index (χ0) is 38.9. The highest BCUT2D eigenvalue weighted by Crippen LogP contribution is 2.57. The van der Waals surface area contributed by atoms with Crippen LogP contribution in [0.3, 0.4) is 0 Å². The van der Waals surface area contributed by atoms with Crippen LogP contribution in [-0.4, -0.2) is 9.97 Å². The third-order valence-electron chi connectivity index (χ3n) is 12.5. The maximum atomic E-state index is 5.46. The zero-order valence-electron chi connectivity index (χ0n) is 32.2. The van der Waals surface area contributed by atoms with Gasteiger partial charge in [-0.25, -0.2) is 9.97 Å². The molecule has 1 aliphatic carbocycles. The summed E-state index contributed by atoms with van der Waals surface area (Å²) in [5, 5.41) is 5.68. The Morgan fingerprint density at radius 1 is 0.322 bits per heavy atom. The fourth-order valence-electron chi connectivity index (χ4n) is 9.99. The predicted octanol–water partition coefficient (Wildman–Crippen LogP) is 14.5. The van der Waals surface area contributed by atoms with Gasteiger partial charge in [-0.05, 0) is 79.0 Å². The first-order chi connectivity index (χ1) is 29.3. The molecule has 0 N–H and O–H groups in total. The van der Waals surface area contributed by atoms with Crippen LogP contribution in [-0.2, 0) is 5.41 Å². The molecule has 9 aromatic carbocycles. The van der Waals surface area contributed by atoms with Gasteiger partial charge in [-0.3, -0.25) is 0 Å². The Morgan fingerprint density at radius 2 is 0.898 bits per heavy atom. The van der Waals surface area contributed by atoms with Crippen molar-refractivity contribution in [1.29, 1.82) is 0 Å². The van der Waals surface area contributed by atoms with E-state index in [1.807, 2.05) is 0 Å². The van der Waals surface area contributed by atoms with Gasteiger partial charge in [0.2, 0.25) is 0 Å². The largest absolute Gasteiger partial charge is 0.245 e. The van der Waals surface area contributed by atoms with E-state index in [1.54, 1.807) is 0 Å². The quantitative estimate of drug-likeness (QED) is 0.129. The van der Waals surface area contributed by atoms with Gasteiger partial charge in [0.05, 0.1) is 27.7 Å². The summed E-state index contributed by atoms with van der Waals surface area (Å²) >= 11 is 0. The van der Waals surface area contributed by atoms with E-state index in [-0.39, 0.29) is 0 Å². The van der Waals surface area contributed by atoms with Crippen molar-refractivity contribution in [2.45, 2.75) is 5.41 Å². The standard InChI is InChI=1S/C57H36N2/c1-4-16-37(17-5-1)54-48-25-13-15-27-52(48)59-56-49(54)32-28-38-30-35-53(58-55(38)56)47-34-33-42(43-22-10-11-23-44(43)47)39-29-31-46-45-24-12-14-26-50(45)57(51(46)36-39,40-18-6-2-7-19-40)41-20-8-3-9-21-41/h1-36H. The van der Waals surface area contributed by atoms with Gasteiger partial charge in [0.25, 0.3) is 0 Å². The van der Waals surface area contributed by atoms with Gasteiger partial charge in [0.1, 0.15) is 0 Å². The summed E-state index contributed by atoms with van der Waals surface area (Å²) in [4.78, 5) is 10.7. The van der Waals surface area contributed by atoms with Crippen LogP contribution in [0.5, 0.6) is 0 Å². The number of hydrogen-bond donors (Lipinski definition) is 0. The van der Waals surface area contributed by atoms with Crippen molar-refractivity contribution in [3.63, 3.8) is 0 Å². The summed E-state index contributed by atoms with van der Waals surface area (Å²) in [5.74, 6) is 0. The molecule has 0 amide bonds. The number of fused-ring (bicyclic) bond motifs is 8. The number of pyridine rings is 2. The van der Waals surface area contributed by atoms with Crippen LogP contribution in [0.1, 0.15) is 22.3 Å². The molecule has 1 aliphatic rings. The highest BCUT2D eigenvalue weighted by Gasteiger charge is 2.46. The van der Waals surface area contributed by atoms with E-state index in [1.165, 1.54) is 66.4 Å². The van der Waals surface area contributed by atoms with Crippen molar-refractivity contribution in [2.75, 3.05) is 0 Å². The van der Waals surface area contributed by atoms with Gasteiger partial charge in [-0.2, -0.15) is 0 Å². The topological polar surface area (TPSA) is 25.8 Å². The Morgan fingerprint density at radius 3 is 1.66 bits per heavy atom. The lowest BCUT2D eigenvalue weighted by Crippen LogP contribution is -2.28.